The molecule has 0 atom stereocenters. The number of benzene rings is 2. The number of hydrogen-bond acceptors (Lipinski definition) is 3. The fourth-order valence-corrected chi connectivity index (χ4v) is 8.87. The van der Waals surface area contributed by atoms with E-state index in [2.05, 4.69) is 77.2 Å². The maximum atomic E-state index is 12.3. The molecule has 4 nitrogen and oxygen atoms in total. The van der Waals surface area contributed by atoms with Crippen LogP contribution in [0.1, 0.15) is 29.5 Å². The molecule has 0 N–H and O–H groups in total. The van der Waals surface area contributed by atoms with Crippen molar-refractivity contribution in [2.45, 2.75) is 32.4 Å². The fraction of sp³-hybridized carbons (Fsp3) is 0.333. The highest BCUT2D eigenvalue weighted by atomic mass is 28.3. The number of rotatable bonds is 4. The normalized spacial score (nSPS) is 20.0. The Bertz CT molecular complexity index is 1350. The lowest BCUT2D eigenvalue weighted by Gasteiger charge is -2.40. The highest BCUT2D eigenvalue weighted by Gasteiger charge is 2.41. The van der Waals surface area contributed by atoms with Crippen molar-refractivity contribution in [3.8, 4) is 0 Å². The zero-order valence-corrected chi connectivity index (χ0v) is 21.9. The molecule has 1 aliphatic carbocycles. The Hall–Kier alpha value is -3.18. The zero-order valence-electron chi connectivity index (χ0n) is 20.9. The van der Waals surface area contributed by atoms with Crippen LogP contribution >= 0.6 is 0 Å². The molecule has 2 fully saturated rings. The first-order chi connectivity index (χ1) is 17.0. The number of carbonyl (C=O) groups is 1. The Balaban J connectivity index is 1.60. The molecule has 0 amide bonds. The molecule has 4 aliphatic rings. The molecular weight excluding hydrogens is 448 g/mol. The first kappa shape index (κ1) is 22.3. The molecule has 0 radical (unpaired) electrons. The monoisotopic (exact) mass is 481 g/mol. The van der Waals surface area contributed by atoms with Crippen molar-refractivity contribution in [3.63, 3.8) is 0 Å². The summed E-state index contributed by atoms with van der Waals surface area (Å²) >= 11 is 0. The summed E-state index contributed by atoms with van der Waals surface area (Å²) in [7, 11) is -0.496. The van der Waals surface area contributed by atoms with Crippen molar-refractivity contribution in [2.75, 3.05) is 38.2 Å². The third-order valence-corrected chi connectivity index (χ3v) is 11.7. The van der Waals surface area contributed by atoms with Gasteiger partial charge in [-0.15, -0.1) is 0 Å². The standard InChI is InChI=1S/C30H33N2O2Si/c1-34-29(33)18-21-8-4-5-9-24(21)30-25-12-10-22(31-14-6-15-31)19-27(25)35(2,3)28-20-23(11-13-26(28)30)32-16-7-17-32/h4-5,8-13,19-20H,6-7,14-18H2,1-3H3/q+1. The van der Waals surface area contributed by atoms with Gasteiger partial charge < -0.3 is 9.64 Å². The Labute approximate surface area is 208 Å². The molecule has 0 saturated carbocycles. The van der Waals surface area contributed by atoms with E-state index in [9.17, 15) is 4.79 Å². The van der Waals surface area contributed by atoms with Crippen LogP contribution < -0.4 is 10.1 Å². The molecule has 6 rings (SSSR count). The van der Waals surface area contributed by atoms with E-state index in [0.29, 0.717) is 0 Å². The van der Waals surface area contributed by atoms with E-state index in [-0.39, 0.29) is 12.4 Å². The third kappa shape index (κ3) is 3.64. The van der Waals surface area contributed by atoms with Crippen molar-refractivity contribution in [2.24, 2.45) is 0 Å². The summed E-state index contributed by atoms with van der Waals surface area (Å²) in [6.07, 6.45) is 9.94. The topological polar surface area (TPSA) is 32.6 Å². The second-order valence-electron chi connectivity index (χ2n) is 10.6. The van der Waals surface area contributed by atoms with Crippen LogP contribution in [0, 0.1) is 0 Å². The zero-order chi connectivity index (χ0) is 24.2. The number of ether oxygens (including phenoxy) is 1. The van der Waals surface area contributed by atoms with E-state index < -0.39 is 8.07 Å². The lowest BCUT2D eigenvalue weighted by Crippen LogP contribution is -2.50. The molecule has 35 heavy (non-hydrogen) atoms. The van der Waals surface area contributed by atoms with Gasteiger partial charge >= 0.3 is 5.97 Å². The number of methoxy groups -OCH3 is 1. The molecule has 2 aromatic carbocycles. The molecule has 178 valence electrons. The van der Waals surface area contributed by atoms with Gasteiger partial charge in [-0.2, -0.15) is 0 Å². The summed E-state index contributed by atoms with van der Waals surface area (Å²) in [5, 5.41) is 3.00. The molecule has 0 bridgehead atoms. The van der Waals surface area contributed by atoms with Gasteiger partial charge in [0.1, 0.15) is 21.2 Å². The molecule has 0 aromatic heterocycles. The average molecular weight is 482 g/mol. The van der Waals surface area contributed by atoms with Gasteiger partial charge in [-0.05, 0) is 62.8 Å². The van der Waals surface area contributed by atoms with Crippen LogP contribution in [-0.2, 0) is 16.0 Å². The molecular formula is C30H33N2O2Si+. The first-order valence-electron chi connectivity index (χ1n) is 12.8. The van der Waals surface area contributed by atoms with Crippen molar-refractivity contribution in [1.82, 2.24) is 0 Å². The van der Waals surface area contributed by atoms with Gasteiger partial charge in [0.25, 0.3) is 0 Å². The third-order valence-electron chi connectivity index (χ3n) is 8.18. The Morgan fingerprint density at radius 3 is 2.51 bits per heavy atom. The van der Waals surface area contributed by atoms with Gasteiger partial charge in [0.15, 0.2) is 5.71 Å². The molecule has 2 saturated heterocycles. The van der Waals surface area contributed by atoms with E-state index in [1.165, 1.54) is 58.4 Å². The molecule has 5 heteroatoms. The van der Waals surface area contributed by atoms with Crippen LogP contribution in [0.4, 0.5) is 5.69 Å². The second-order valence-corrected chi connectivity index (χ2v) is 14.9. The molecule has 3 heterocycles. The summed E-state index contributed by atoms with van der Waals surface area (Å²) in [5.41, 5.74) is 8.76. The summed E-state index contributed by atoms with van der Waals surface area (Å²) < 4.78 is 7.53. The number of carbonyl (C=O) groups excluding carboxylic acids is 1. The average Bonchev–Trinajstić information content (AvgIpc) is 2.78. The predicted octanol–water partition coefficient (Wildman–Crippen LogP) is 4.24. The SMILES string of the molecule is COC(=O)Cc1ccccc1C1=C2C=CC(=[N+]3CCC3)C=C2[Si](C)(C)c2cc(N3CCC3)ccc21. The summed E-state index contributed by atoms with van der Waals surface area (Å²) in [4.78, 5) is 14.8. The molecule has 0 unspecified atom stereocenters. The predicted molar refractivity (Wildman–Crippen MR) is 145 cm³/mol. The van der Waals surface area contributed by atoms with Crippen LogP contribution in [0.25, 0.3) is 5.57 Å². The number of hydrogen-bond donors (Lipinski definition) is 0. The van der Waals surface area contributed by atoms with Crippen molar-refractivity contribution < 1.29 is 14.1 Å². The Morgan fingerprint density at radius 2 is 1.83 bits per heavy atom. The fourth-order valence-electron chi connectivity index (χ4n) is 5.80. The lowest BCUT2D eigenvalue weighted by atomic mass is 9.86. The van der Waals surface area contributed by atoms with Crippen molar-refractivity contribution in [3.05, 3.63) is 88.2 Å². The van der Waals surface area contributed by atoms with Crippen LogP contribution in [0.5, 0.6) is 0 Å². The number of fused-ring (bicyclic) bond motifs is 2. The highest BCUT2D eigenvalue weighted by Crippen LogP contribution is 2.43. The highest BCUT2D eigenvalue weighted by molar-refractivity contribution is 6.98. The van der Waals surface area contributed by atoms with E-state index in [1.54, 1.807) is 0 Å². The number of anilines is 1. The molecule has 0 spiro atoms. The minimum Gasteiger partial charge on any atom is -0.469 e. The van der Waals surface area contributed by atoms with E-state index >= 15 is 0 Å². The number of allylic oxidation sites excluding steroid dienone is 5. The molecule has 3 aliphatic heterocycles. The Kier molecular flexibility index (Phi) is 5.41. The second kappa shape index (κ2) is 8.49. The van der Waals surface area contributed by atoms with Crippen molar-refractivity contribution in [1.29, 1.82) is 0 Å². The number of esters is 1. The van der Waals surface area contributed by atoms with Crippen LogP contribution in [0.3, 0.4) is 0 Å². The summed E-state index contributed by atoms with van der Waals surface area (Å²) in [5.74, 6) is -0.203. The maximum absolute atomic E-state index is 12.3. The largest absolute Gasteiger partial charge is 0.469 e. The number of nitrogens with zero attached hydrogens (tertiary/aromatic N) is 2. The van der Waals surface area contributed by atoms with Crippen LogP contribution in [-0.4, -0.2) is 57.6 Å². The van der Waals surface area contributed by atoms with Gasteiger partial charge in [-0.25, -0.2) is 4.58 Å². The minimum absolute atomic E-state index is 0.203. The summed E-state index contributed by atoms with van der Waals surface area (Å²) in [6.45, 7) is 9.59. The maximum Gasteiger partial charge on any atom is 0.309 e. The van der Waals surface area contributed by atoms with E-state index in [4.69, 9.17) is 4.74 Å². The smallest absolute Gasteiger partial charge is 0.309 e. The van der Waals surface area contributed by atoms with Gasteiger partial charge in [-0.3, -0.25) is 4.79 Å². The first-order valence-corrected chi connectivity index (χ1v) is 15.8. The van der Waals surface area contributed by atoms with Crippen LogP contribution in [0.2, 0.25) is 13.1 Å². The van der Waals surface area contributed by atoms with Gasteiger partial charge in [0.2, 0.25) is 0 Å². The quantitative estimate of drug-likeness (QED) is 0.372. The van der Waals surface area contributed by atoms with Gasteiger partial charge in [0.05, 0.1) is 20.0 Å². The minimum atomic E-state index is -1.96. The van der Waals surface area contributed by atoms with E-state index in [1.807, 2.05) is 6.07 Å². The van der Waals surface area contributed by atoms with Crippen LogP contribution in [0.15, 0.2) is 71.5 Å². The van der Waals surface area contributed by atoms with E-state index in [0.717, 1.165) is 37.3 Å². The Morgan fingerprint density at radius 1 is 1.03 bits per heavy atom. The lowest BCUT2D eigenvalue weighted by molar-refractivity contribution is -0.582. The van der Waals surface area contributed by atoms with Gasteiger partial charge in [-0.1, -0.05) is 43.4 Å². The van der Waals surface area contributed by atoms with Gasteiger partial charge in [0, 0.05) is 30.9 Å². The summed E-state index contributed by atoms with van der Waals surface area (Å²) in [6, 6.07) is 15.5. The molecule has 2 aromatic rings. The van der Waals surface area contributed by atoms with Crippen molar-refractivity contribution >= 4 is 36.2 Å².